The monoisotopic (exact) mass is 321 g/mol. The van der Waals surface area contributed by atoms with Gasteiger partial charge in [0.1, 0.15) is 12.4 Å². The Morgan fingerprint density at radius 2 is 2.05 bits per heavy atom. The molecule has 6 heteroatoms. The van der Waals surface area contributed by atoms with Crippen LogP contribution in [0.1, 0.15) is 25.0 Å². The summed E-state index contributed by atoms with van der Waals surface area (Å²) in [5.74, 6) is 0.196. The zero-order valence-corrected chi connectivity index (χ0v) is 12.8. The molecule has 0 amide bonds. The van der Waals surface area contributed by atoms with Crippen LogP contribution in [-0.2, 0) is 12.7 Å². The molecule has 118 valence electrons. The van der Waals surface area contributed by atoms with Crippen molar-refractivity contribution in [1.82, 2.24) is 5.32 Å². The molecule has 0 heterocycles. The lowest BCUT2D eigenvalue weighted by atomic mass is 10.1. The summed E-state index contributed by atoms with van der Waals surface area (Å²) in [5, 5.41) is 3.25. The first-order valence-corrected chi connectivity index (χ1v) is 6.95. The molecule has 0 saturated heterocycles. The minimum absolute atomic E-state index is 0.144. The molecule has 0 spiro atoms. The van der Waals surface area contributed by atoms with Crippen molar-refractivity contribution in [1.29, 1.82) is 0 Å². The van der Waals surface area contributed by atoms with Crippen LogP contribution in [0, 0.1) is 5.92 Å². The molecule has 0 aliphatic rings. The molecule has 0 aromatic heterocycles. The van der Waals surface area contributed by atoms with Crippen LogP contribution in [-0.4, -0.2) is 13.2 Å². The Balaban J connectivity index is 2.88. The van der Waals surface area contributed by atoms with Crippen LogP contribution in [0.15, 0.2) is 29.8 Å². The molecular formula is C15H19ClF3NO. The molecule has 1 N–H and O–H groups in total. The molecule has 0 aliphatic heterocycles. The zero-order chi connectivity index (χ0) is 16.0. The fourth-order valence-electron chi connectivity index (χ4n) is 1.70. The van der Waals surface area contributed by atoms with Gasteiger partial charge in [-0.15, -0.1) is 0 Å². The number of nitrogens with one attached hydrogen (secondary N) is 1. The summed E-state index contributed by atoms with van der Waals surface area (Å²) in [6, 6.07) is 4.02. The third kappa shape index (κ3) is 6.40. The third-order valence-corrected chi connectivity index (χ3v) is 2.72. The average molecular weight is 322 g/mol. The van der Waals surface area contributed by atoms with Crippen LogP contribution in [0.5, 0.6) is 5.75 Å². The average Bonchev–Trinajstić information content (AvgIpc) is 2.35. The van der Waals surface area contributed by atoms with E-state index in [4.69, 9.17) is 16.3 Å². The molecule has 1 aromatic rings. The number of alkyl halides is 3. The van der Waals surface area contributed by atoms with Crippen LogP contribution >= 0.6 is 11.6 Å². The predicted molar refractivity (Wildman–Crippen MR) is 78.5 cm³/mol. The highest BCUT2D eigenvalue weighted by Gasteiger charge is 2.34. The lowest BCUT2D eigenvalue weighted by Crippen LogP contribution is -2.19. The highest BCUT2D eigenvalue weighted by molar-refractivity contribution is 6.29. The van der Waals surface area contributed by atoms with Crippen LogP contribution in [0.25, 0.3) is 0 Å². The lowest BCUT2D eigenvalue weighted by Gasteiger charge is -2.15. The van der Waals surface area contributed by atoms with Crippen molar-refractivity contribution in [2.24, 2.45) is 5.92 Å². The van der Waals surface area contributed by atoms with Crippen LogP contribution < -0.4 is 10.1 Å². The Morgan fingerprint density at radius 3 is 2.57 bits per heavy atom. The summed E-state index contributed by atoms with van der Waals surface area (Å²) < 4.78 is 44.2. The number of halogens is 4. The van der Waals surface area contributed by atoms with Crippen molar-refractivity contribution >= 4 is 11.6 Å². The maximum Gasteiger partial charge on any atom is 0.419 e. The van der Waals surface area contributed by atoms with Gasteiger partial charge in [-0.05, 0) is 30.2 Å². The SMILES string of the molecule is C=C(Cl)COc1ccc(CNCC(C)C)cc1C(F)(F)F. The molecular weight excluding hydrogens is 303 g/mol. The minimum atomic E-state index is -4.48. The van der Waals surface area contributed by atoms with E-state index in [1.54, 1.807) is 6.07 Å². The van der Waals surface area contributed by atoms with E-state index < -0.39 is 11.7 Å². The van der Waals surface area contributed by atoms with Gasteiger partial charge in [0.25, 0.3) is 0 Å². The van der Waals surface area contributed by atoms with E-state index in [1.807, 2.05) is 13.8 Å². The predicted octanol–water partition coefficient (Wildman–Crippen LogP) is 4.58. The highest BCUT2D eigenvalue weighted by Crippen LogP contribution is 2.37. The summed E-state index contributed by atoms with van der Waals surface area (Å²) in [6.07, 6.45) is -4.48. The van der Waals surface area contributed by atoms with Crippen LogP contribution in [0.3, 0.4) is 0 Å². The minimum Gasteiger partial charge on any atom is -0.487 e. The van der Waals surface area contributed by atoms with Gasteiger partial charge >= 0.3 is 6.18 Å². The molecule has 0 aliphatic carbocycles. The first-order valence-electron chi connectivity index (χ1n) is 6.57. The summed E-state index contributed by atoms with van der Waals surface area (Å²) in [7, 11) is 0. The van der Waals surface area contributed by atoms with Gasteiger partial charge in [-0.2, -0.15) is 13.2 Å². The number of benzene rings is 1. The number of hydrogen-bond acceptors (Lipinski definition) is 2. The summed E-state index contributed by atoms with van der Waals surface area (Å²) in [6.45, 7) is 8.41. The van der Waals surface area contributed by atoms with Gasteiger partial charge in [-0.25, -0.2) is 0 Å². The fourth-order valence-corrected chi connectivity index (χ4v) is 1.75. The molecule has 21 heavy (non-hydrogen) atoms. The summed E-state index contributed by atoms with van der Waals surface area (Å²) in [4.78, 5) is 0. The van der Waals surface area contributed by atoms with Crippen LogP contribution in [0.4, 0.5) is 13.2 Å². The highest BCUT2D eigenvalue weighted by atomic mass is 35.5. The number of ether oxygens (including phenoxy) is 1. The molecule has 0 radical (unpaired) electrons. The third-order valence-electron chi connectivity index (χ3n) is 2.62. The largest absolute Gasteiger partial charge is 0.487 e. The van der Waals surface area contributed by atoms with Gasteiger partial charge in [-0.3, -0.25) is 0 Å². The molecule has 2 nitrogen and oxygen atoms in total. The van der Waals surface area contributed by atoms with Crippen molar-refractivity contribution in [3.8, 4) is 5.75 Å². The second kappa shape index (κ2) is 7.71. The fraction of sp³-hybridized carbons (Fsp3) is 0.467. The van der Waals surface area contributed by atoms with E-state index in [1.165, 1.54) is 6.07 Å². The van der Waals surface area contributed by atoms with Gasteiger partial charge < -0.3 is 10.1 Å². The number of rotatable bonds is 7. The molecule has 0 bridgehead atoms. The van der Waals surface area contributed by atoms with Crippen LogP contribution in [0.2, 0.25) is 0 Å². The smallest absolute Gasteiger partial charge is 0.419 e. The second-order valence-electron chi connectivity index (χ2n) is 5.16. The Kier molecular flexibility index (Phi) is 6.55. The Labute approximate surface area is 127 Å². The lowest BCUT2D eigenvalue weighted by molar-refractivity contribution is -0.138. The first kappa shape index (κ1) is 17.9. The van der Waals surface area contributed by atoms with Gasteiger partial charge in [-0.1, -0.05) is 38.1 Å². The van der Waals surface area contributed by atoms with E-state index in [-0.39, 0.29) is 17.4 Å². The van der Waals surface area contributed by atoms with E-state index in [9.17, 15) is 13.2 Å². The molecule has 0 saturated carbocycles. The molecule has 1 rings (SSSR count). The Hall–Kier alpha value is -1.20. The van der Waals surface area contributed by atoms with Gasteiger partial charge in [0.05, 0.1) is 5.56 Å². The van der Waals surface area contributed by atoms with Crippen molar-refractivity contribution in [2.45, 2.75) is 26.6 Å². The Morgan fingerprint density at radius 1 is 1.38 bits per heavy atom. The Bertz CT molecular complexity index is 486. The van der Waals surface area contributed by atoms with Crippen molar-refractivity contribution in [2.75, 3.05) is 13.2 Å². The van der Waals surface area contributed by atoms with Crippen molar-refractivity contribution in [3.63, 3.8) is 0 Å². The maximum absolute atomic E-state index is 13.0. The zero-order valence-electron chi connectivity index (χ0n) is 12.1. The van der Waals surface area contributed by atoms with Gasteiger partial charge in [0, 0.05) is 11.6 Å². The maximum atomic E-state index is 13.0. The van der Waals surface area contributed by atoms with Crippen molar-refractivity contribution < 1.29 is 17.9 Å². The molecule has 0 unspecified atom stereocenters. The van der Waals surface area contributed by atoms with E-state index in [0.717, 1.165) is 12.6 Å². The summed E-state index contributed by atoms with van der Waals surface area (Å²) >= 11 is 5.51. The van der Waals surface area contributed by atoms with E-state index in [0.29, 0.717) is 18.0 Å². The number of hydrogen-bond donors (Lipinski definition) is 1. The van der Waals surface area contributed by atoms with Gasteiger partial charge in [0.2, 0.25) is 0 Å². The summed E-state index contributed by atoms with van der Waals surface area (Å²) in [5.41, 5.74) is -0.246. The molecule has 0 atom stereocenters. The first-order chi connectivity index (χ1) is 9.70. The molecule has 1 aromatic carbocycles. The quantitative estimate of drug-likeness (QED) is 0.793. The van der Waals surface area contributed by atoms with E-state index >= 15 is 0 Å². The standard InChI is InChI=1S/C15H19ClF3NO/c1-10(2)7-20-8-12-4-5-14(21-9-11(3)16)13(6-12)15(17,18)19/h4-6,10,20H,3,7-9H2,1-2H3. The second-order valence-corrected chi connectivity index (χ2v) is 5.69. The van der Waals surface area contributed by atoms with Crippen molar-refractivity contribution in [3.05, 3.63) is 40.9 Å². The van der Waals surface area contributed by atoms with Gasteiger partial charge in [0.15, 0.2) is 0 Å². The molecule has 0 fully saturated rings. The normalized spacial score (nSPS) is 11.8. The topological polar surface area (TPSA) is 21.3 Å². The van der Waals surface area contributed by atoms with E-state index in [2.05, 4.69) is 11.9 Å².